The van der Waals surface area contributed by atoms with Gasteiger partial charge in [0.05, 0.1) is 10.6 Å². The van der Waals surface area contributed by atoms with Crippen molar-refractivity contribution in [1.29, 1.82) is 0 Å². The van der Waals surface area contributed by atoms with E-state index in [-0.39, 0.29) is 28.4 Å². The van der Waals surface area contributed by atoms with Crippen LogP contribution in [-0.2, 0) is 6.42 Å². The number of nitrogens with two attached hydrogens (primary N) is 1. The van der Waals surface area contributed by atoms with E-state index in [1.807, 2.05) is 13.8 Å². The quantitative estimate of drug-likeness (QED) is 0.804. The number of rotatable bonds is 3. The molecule has 0 radical (unpaired) electrons. The molecular formula is C16H22BrF2NO. The topological polar surface area (TPSA) is 46.2 Å². The molecule has 2 unspecified atom stereocenters. The van der Waals surface area contributed by atoms with E-state index >= 15 is 0 Å². The molecular weight excluding hydrogens is 340 g/mol. The molecule has 0 bridgehead atoms. The third-order valence-corrected chi connectivity index (χ3v) is 5.50. The Kier molecular flexibility index (Phi) is 4.76. The SMILES string of the molecule is CC1(C)CCCC(CN)(Cc2c(F)ccc(Br)c2F)C1O. The maximum Gasteiger partial charge on any atom is 0.143 e. The Balaban J connectivity index is 2.42. The number of benzene rings is 1. The number of halogens is 3. The van der Waals surface area contributed by atoms with Gasteiger partial charge in [-0.2, -0.15) is 0 Å². The summed E-state index contributed by atoms with van der Waals surface area (Å²) < 4.78 is 28.5. The second-order valence-electron chi connectivity index (χ2n) is 6.81. The molecule has 1 saturated carbocycles. The largest absolute Gasteiger partial charge is 0.392 e. The molecule has 118 valence electrons. The fourth-order valence-electron chi connectivity index (χ4n) is 3.55. The van der Waals surface area contributed by atoms with E-state index in [2.05, 4.69) is 15.9 Å². The summed E-state index contributed by atoms with van der Waals surface area (Å²) in [5.74, 6) is -1.18. The molecule has 1 aliphatic rings. The van der Waals surface area contributed by atoms with Crippen molar-refractivity contribution >= 4 is 15.9 Å². The van der Waals surface area contributed by atoms with Gasteiger partial charge in [-0.1, -0.05) is 20.3 Å². The maximum atomic E-state index is 14.2. The van der Waals surface area contributed by atoms with Gasteiger partial charge in [0, 0.05) is 17.5 Å². The van der Waals surface area contributed by atoms with E-state index < -0.39 is 23.2 Å². The molecule has 2 nitrogen and oxygen atoms in total. The summed E-state index contributed by atoms with van der Waals surface area (Å²) in [6, 6.07) is 2.59. The van der Waals surface area contributed by atoms with Crippen LogP contribution in [0.4, 0.5) is 8.78 Å². The average molecular weight is 362 g/mol. The Bertz CT molecular complexity index is 535. The standard InChI is InChI=1S/C16H22BrF2NO/c1-15(2)6-3-7-16(9-20,14(15)21)8-10-12(18)5-4-11(17)13(10)19/h4-5,14,21H,3,6-9,20H2,1-2H3. The van der Waals surface area contributed by atoms with Crippen molar-refractivity contribution < 1.29 is 13.9 Å². The summed E-state index contributed by atoms with van der Waals surface area (Å²) in [5.41, 5.74) is 4.95. The van der Waals surface area contributed by atoms with Crippen LogP contribution < -0.4 is 5.73 Å². The van der Waals surface area contributed by atoms with Crippen molar-refractivity contribution in [1.82, 2.24) is 0 Å². The van der Waals surface area contributed by atoms with Gasteiger partial charge in [-0.3, -0.25) is 0 Å². The Morgan fingerprint density at radius 2 is 2.00 bits per heavy atom. The Morgan fingerprint density at radius 3 is 2.62 bits per heavy atom. The molecule has 0 saturated heterocycles. The van der Waals surface area contributed by atoms with Crippen molar-refractivity contribution in [2.75, 3.05) is 6.54 Å². The first-order valence-corrected chi connectivity index (χ1v) is 8.03. The van der Waals surface area contributed by atoms with Gasteiger partial charge < -0.3 is 10.8 Å². The molecule has 21 heavy (non-hydrogen) atoms. The highest BCUT2D eigenvalue weighted by Gasteiger charge is 2.48. The van der Waals surface area contributed by atoms with Crippen LogP contribution >= 0.6 is 15.9 Å². The van der Waals surface area contributed by atoms with Crippen LogP contribution in [0.25, 0.3) is 0 Å². The molecule has 5 heteroatoms. The Hall–Kier alpha value is -0.520. The Morgan fingerprint density at radius 1 is 1.33 bits per heavy atom. The highest BCUT2D eigenvalue weighted by Crippen LogP contribution is 2.48. The van der Waals surface area contributed by atoms with Crippen molar-refractivity contribution in [3.63, 3.8) is 0 Å². The number of hydrogen-bond donors (Lipinski definition) is 2. The minimum atomic E-state index is -0.679. The van der Waals surface area contributed by atoms with E-state index in [1.165, 1.54) is 12.1 Å². The minimum Gasteiger partial charge on any atom is -0.392 e. The molecule has 2 atom stereocenters. The highest BCUT2D eigenvalue weighted by molar-refractivity contribution is 9.10. The lowest BCUT2D eigenvalue weighted by Crippen LogP contribution is -2.53. The predicted octanol–water partition coefficient (Wildman–Crippen LogP) is 3.79. The van der Waals surface area contributed by atoms with Gasteiger partial charge in [-0.15, -0.1) is 0 Å². The monoisotopic (exact) mass is 361 g/mol. The van der Waals surface area contributed by atoms with Gasteiger partial charge in [0.2, 0.25) is 0 Å². The number of hydrogen-bond acceptors (Lipinski definition) is 2. The van der Waals surface area contributed by atoms with E-state index in [1.54, 1.807) is 0 Å². The normalized spacial score (nSPS) is 28.6. The van der Waals surface area contributed by atoms with Crippen LogP contribution in [0.3, 0.4) is 0 Å². The molecule has 0 amide bonds. The van der Waals surface area contributed by atoms with Crippen LogP contribution in [0.2, 0.25) is 0 Å². The lowest BCUT2D eigenvalue weighted by atomic mass is 9.59. The smallest absolute Gasteiger partial charge is 0.143 e. The molecule has 0 aromatic heterocycles. The number of aliphatic hydroxyl groups is 1. The molecule has 2 rings (SSSR count). The second-order valence-corrected chi connectivity index (χ2v) is 7.66. The van der Waals surface area contributed by atoms with Crippen LogP contribution in [0.5, 0.6) is 0 Å². The van der Waals surface area contributed by atoms with Gasteiger partial charge in [-0.25, -0.2) is 8.78 Å². The summed E-state index contributed by atoms with van der Waals surface area (Å²) in [6.45, 7) is 4.17. The van der Waals surface area contributed by atoms with Crippen LogP contribution in [0.15, 0.2) is 16.6 Å². The molecule has 1 aromatic carbocycles. The zero-order chi connectivity index (χ0) is 15.8. The van der Waals surface area contributed by atoms with E-state index in [0.29, 0.717) is 6.42 Å². The van der Waals surface area contributed by atoms with Gasteiger partial charge in [0.1, 0.15) is 11.6 Å². The summed E-state index contributed by atoms with van der Waals surface area (Å²) in [4.78, 5) is 0. The lowest BCUT2D eigenvalue weighted by molar-refractivity contribution is -0.0890. The van der Waals surface area contributed by atoms with Crippen molar-refractivity contribution in [2.45, 2.75) is 45.6 Å². The molecule has 3 N–H and O–H groups in total. The van der Waals surface area contributed by atoms with Crippen molar-refractivity contribution in [3.05, 3.63) is 33.8 Å². The van der Waals surface area contributed by atoms with Crippen molar-refractivity contribution in [2.24, 2.45) is 16.6 Å². The molecule has 1 fully saturated rings. The van der Waals surface area contributed by atoms with Gasteiger partial charge >= 0.3 is 0 Å². The molecule has 0 heterocycles. The minimum absolute atomic E-state index is 0.00609. The van der Waals surface area contributed by atoms with Crippen molar-refractivity contribution in [3.8, 4) is 0 Å². The fraction of sp³-hybridized carbons (Fsp3) is 0.625. The molecule has 0 aliphatic heterocycles. The first-order valence-electron chi connectivity index (χ1n) is 7.24. The van der Waals surface area contributed by atoms with E-state index in [4.69, 9.17) is 5.73 Å². The van der Waals surface area contributed by atoms with E-state index in [9.17, 15) is 13.9 Å². The first-order chi connectivity index (χ1) is 9.73. The maximum absolute atomic E-state index is 14.2. The Labute approximate surface area is 132 Å². The zero-order valence-corrected chi connectivity index (χ0v) is 14.0. The van der Waals surface area contributed by atoms with Gasteiger partial charge in [-0.05, 0) is 52.7 Å². The third kappa shape index (κ3) is 3.01. The summed E-state index contributed by atoms with van der Waals surface area (Å²) >= 11 is 3.09. The average Bonchev–Trinajstić information content (AvgIpc) is 2.44. The van der Waals surface area contributed by atoms with Crippen LogP contribution in [-0.4, -0.2) is 17.8 Å². The van der Waals surface area contributed by atoms with Gasteiger partial charge in [0.25, 0.3) is 0 Å². The third-order valence-electron chi connectivity index (χ3n) is 4.89. The van der Waals surface area contributed by atoms with E-state index in [0.717, 1.165) is 12.8 Å². The van der Waals surface area contributed by atoms with Crippen LogP contribution in [0.1, 0.15) is 38.7 Å². The van der Waals surface area contributed by atoms with Crippen LogP contribution in [0, 0.1) is 22.5 Å². The zero-order valence-electron chi connectivity index (χ0n) is 12.4. The predicted molar refractivity (Wildman–Crippen MR) is 82.9 cm³/mol. The first kappa shape index (κ1) is 16.8. The lowest BCUT2D eigenvalue weighted by Gasteiger charge is -2.49. The number of aliphatic hydroxyl groups excluding tert-OH is 1. The molecule has 0 spiro atoms. The molecule has 1 aromatic rings. The van der Waals surface area contributed by atoms with Gasteiger partial charge in [0.15, 0.2) is 0 Å². The molecule has 1 aliphatic carbocycles. The second kappa shape index (κ2) is 5.94. The summed E-state index contributed by atoms with van der Waals surface area (Å²) in [5, 5.41) is 10.7. The summed E-state index contributed by atoms with van der Waals surface area (Å²) in [7, 11) is 0. The fourth-order valence-corrected chi connectivity index (χ4v) is 3.92. The highest BCUT2D eigenvalue weighted by atomic mass is 79.9. The summed E-state index contributed by atoms with van der Waals surface area (Å²) in [6.07, 6.45) is 1.91.